The summed E-state index contributed by atoms with van der Waals surface area (Å²) >= 11 is 0. The van der Waals surface area contributed by atoms with Gasteiger partial charge in [0.2, 0.25) is 0 Å². The van der Waals surface area contributed by atoms with Gasteiger partial charge in [-0.2, -0.15) is 9.78 Å². The standard InChI is InChI=1S/C9H14N2O3/c1-9(2,3)6-14-7-4-10-11(5-7)8(12)13/h4-5H,6H2,1-3H3,(H,12,13). The minimum Gasteiger partial charge on any atom is -0.490 e. The number of carbonyl (C=O) groups is 1. The summed E-state index contributed by atoms with van der Waals surface area (Å²) in [6, 6.07) is 0. The van der Waals surface area contributed by atoms with E-state index in [0.29, 0.717) is 12.4 Å². The van der Waals surface area contributed by atoms with E-state index in [1.165, 1.54) is 12.4 Å². The van der Waals surface area contributed by atoms with Gasteiger partial charge < -0.3 is 9.84 Å². The fourth-order valence-electron chi connectivity index (χ4n) is 0.785. The first-order valence-electron chi connectivity index (χ1n) is 4.29. The molecule has 0 saturated heterocycles. The van der Waals surface area contributed by atoms with Gasteiger partial charge in [-0.1, -0.05) is 20.8 Å². The highest BCUT2D eigenvalue weighted by molar-refractivity contribution is 5.66. The Morgan fingerprint density at radius 2 is 2.29 bits per heavy atom. The van der Waals surface area contributed by atoms with Gasteiger partial charge in [0.1, 0.15) is 0 Å². The lowest BCUT2D eigenvalue weighted by Gasteiger charge is -2.17. The van der Waals surface area contributed by atoms with E-state index in [0.717, 1.165) is 4.68 Å². The predicted molar refractivity (Wildman–Crippen MR) is 50.6 cm³/mol. The van der Waals surface area contributed by atoms with Crippen LogP contribution in [0.25, 0.3) is 0 Å². The number of hydrogen-bond acceptors (Lipinski definition) is 3. The van der Waals surface area contributed by atoms with E-state index in [-0.39, 0.29) is 5.41 Å². The van der Waals surface area contributed by atoms with Crippen molar-refractivity contribution >= 4 is 6.09 Å². The Morgan fingerprint density at radius 1 is 1.64 bits per heavy atom. The maximum Gasteiger partial charge on any atom is 0.432 e. The van der Waals surface area contributed by atoms with Gasteiger partial charge in [0.25, 0.3) is 0 Å². The third-order valence-corrected chi connectivity index (χ3v) is 1.43. The summed E-state index contributed by atoms with van der Waals surface area (Å²) in [6.45, 7) is 6.64. The van der Waals surface area contributed by atoms with Crippen molar-refractivity contribution < 1.29 is 14.6 Å². The van der Waals surface area contributed by atoms with Gasteiger partial charge in [0.15, 0.2) is 5.75 Å². The number of rotatable bonds is 2. The summed E-state index contributed by atoms with van der Waals surface area (Å²) < 4.78 is 6.17. The van der Waals surface area contributed by atoms with Crippen LogP contribution in [0.5, 0.6) is 5.75 Å². The van der Waals surface area contributed by atoms with Gasteiger partial charge in [-0.3, -0.25) is 0 Å². The van der Waals surface area contributed by atoms with E-state index in [2.05, 4.69) is 5.10 Å². The molecule has 0 saturated carbocycles. The van der Waals surface area contributed by atoms with Crippen LogP contribution >= 0.6 is 0 Å². The first kappa shape index (κ1) is 10.6. The molecule has 0 aromatic carbocycles. The molecule has 1 aromatic rings. The van der Waals surface area contributed by atoms with Crippen LogP contribution in [0.4, 0.5) is 4.79 Å². The molecule has 1 rings (SSSR count). The molecular weight excluding hydrogens is 184 g/mol. The van der Waals surface area contributed by atoms with Gasteiger partial charge >= 0.3 is 6.09 Å². The average Bonchev–Trinajstić information content (AvgIpc) is 2.47. The van der Waals surface area contributed by atoms with Gasteiger partial charge in [0.05, 0.1) is 19.0 Å². The summed E-state index contributed by atoms with van der Waals surface area (Å²) in [4.78, 5) is 10.5. The number of ether oxygens (including phenoxy) is 1. The van der Waals surface area contributed by atoms with Crippen LogP contribution in [0.3, 0.4) is 0 Å². The van der Waals surface area contributed by atoms with Crippen molar-refractivity contribution in [3.63, 3.8) is 0 Å². The molecule has 0 spiro atoms. The molecule has 0 aliphatic heterocycles. The summed E-state index contributed by atoms with van der Waals surface area (Å²) in [5.41, 5.74) is 0.0469. The Balaban J connectivity index is 2.56. The molecule has 1 aromatic heterocycles. The van der Waals surface area contributed by atoms with Crippen LogP contribution in [0.1, 0.15) is 20.8 Å². The minimum absolute atomic E-state index is 0.0469. The lowest BCUT2D eigenvalue weighted by Crippen LogP contribution is -2.16. The summed E-state index contributed by atoms with van der Waals surface area (Å²) in [6.07, 6.45) is 1.61. The van der Waals surface area contributed by atoms with E-state index < -0.39 is 6.09 Å². The molecule has 0 amide bonds. The van der Waals surface area contributed by atoms with E-state index >= 15 is 0 Å². The van der Waals surface area contributed by atoms with Crippen molar-refractivity contribution in [1.29, 1.82) is 0 Å². The molecular formula is C9H14N2O3. The third-order valence-electron chi connectivity index (χ3n) is 1.43. The molecule has 0 fully saturated rings. The molecule has 0 aliphatic carbocycles. The van der Waals surface area contributed by atoms with Gasteiger partial charge in [-0.05, 0) is 5.41 Å². The molecule has 78 valence electrons. The summed E-state index contributed by atoms with van der Waals surface area (Å²) in [5.74, 6) is 0.474. The van der Waals surface area contributed by atoms with Crippen LogP contribution in [0, 0.1) is 5.41 Å². The van der Waals surface area contributed by atoms with Crippen molar-refractivity contribution in [2.24, 2.45) is 5.41 Å². The quantitative estimate of drug-likeness (QED) is 0.787. The smallest absolute Gasteiger partial charge is 0.432 e. The van der Waals surface area contributed by atoms with Crippen molar-refractivity contribution in [1.82, 2.24) is 9.78 Å². The van der Waals surface area contributed by atoms with Crippen LogP contribution < -0.4 is 4.74 Å². The number of aromatic nitrogens is 2. The Bertz CT molecular complexity index is 325. The highest BCUT2D eigenvalue weighted by Crippen LogP contribution is 2.16. The van der Waals surface area contributed by atoms with E-state index in [1.807, 2.05) is 20.8 Å². The van der Waals surface area contributed by atoms with Gasteiger partial charge in [-0.15, -0.1) is 0 Å². The maximum atomic E-state index is 10.5. The molecule has 1 heterocycles. The van der Waals surface area contributed by atoms with Crippen LogP contribution in [0.15, 0.2) is 12.4 Å². The molecule has 5 nitrogen and oxygen atoms in total. The van der Waals surface area contributed by atoms with E-state index in [1.54, 1.807) is 0 Å². The average molecular weight is 198 g/mol. The molecule has 1 N–H and O–H groups in total. The second-order valence-corrected chi connectivity index (χ2v) is 4.25. The Labute approximate surface area is 82.3 Å². The number of hydrogen-bond donors (Lipinski definition) is 1. The summed E-state index contributed by atoms with van der Waals surface area (Å²) in [5, 5.41) is 12.2. The van der Waals surface area contributed by atoms with Crippen molar-refractivity contribution in [3.05, 3.63) is 12.4 Å². The fourth-order valence-corrected chi connectivity index (χ4v) is 0.785. The molecule has 14 heavy (non-hydrogen) atoms. The highest BCUT2D eigenvalue weighted by Gasteiger charge is 2.12. The minimum atomic E-state index is -1.12. The van der Waals surface area contributed by atoms with E-state index in [9.17, 15) is 4.79 Å². The van der Waals surface area contributed by atoms with E-state index in [4.69, 9.17) is 9.84 Å². The molecule has 0 aliphatic rings. The molecule has 0 radical (unpaired) electrons. The zero-order valence-corrected chi connectivity index (χ0v) is 8.52. The van der Waals surface area contributed by atoms with Crippen LogP contribution in [0.2, 0.25) is 0 Å². The predicted octanol–water partition coefficient (Wildman–Crippen LogP) is 1.83. The normalized spacial score (nSPS) is 11.4. The largest absolute Gasteiger partial charge is 0.490 e. The molecule has 0 bridgehead atoms. The summed E-state index contributed by atoms with van der Waals surface area (Å²) in [7, 11) is 0. The topological polar surface area (TPSA) is 64.4 Å². The Hall–Kier alpha value is -1.52. The Morgan fingerprint density at radius 3 is 2.71 bits per heavy atom. The van der Waals surface area contributed by atoms with Crippen molar-refractivity contribution in [3.8, 4) is 5.75 Å². The fraction of sp³-hybridized carbons (Fsp3) is 0.556. The molecule has 5 heteroatoms. The number of nitrogens with zero attached hydrogens (tertiary/aromatic N) is 2. The molecule has 0 unspecified atom stereocenters. The Kier molecular flexibility index (Phi) is 2.78. The first-order valence-corrected chi connectivity index (χ1v) is 4.29. The van der Waals surface area contributed by atoms with Crippen molar-refractivity contribution in [2.75, 3.05) is 6.61 Å². The van der Waals surface area contributed by atoms with Crippen LogP contribution in [-0.2, 0) is 0 Å². The van der Waals surface area contributed by atoms with Crippen LogP contribution in [-0.4, -0.2) is 27.6 Å². The zero-order valence-electron chi connectivity index (χ0n) is 8.52. The third kappa shape index (κ3) is 3.08. The second kappa shape index (κ2) is 3.69. The first-order chi connectivity index (χ1) is 6.38. The SMILES string of the molecule is CC(C)(C)COc1cnn(C(=O)O)c1. The zero-order chi connectivity index (χ0) is 10.8. The monoisotopic (exact) mass is 198 g/mol. The second-order valence-electron chi connectivity index (χ2n) is 4.25. The number of carboxylic acid groups (broad SMARTS) is 1. The molecule has 0 atom stereocenters. The maximum absolute atomic E-state index is 10.5. The van der Waals surface area contributed by atoms with Crippen molar-refractivity contribution in [2.45, 2.75) is 20.8 Å². The lowest BCUT2D eigenvalue weighted by atomic mass is 9.99. The van der Waals surface area contributed by atoms with Gasteiger partial charge in [-0.25, -0.2) is 4.79 Å². The lowest BCUT2D eigenvalue weighted by molar-refractivity contribution is 0.190. The highest BCUT2D eigenvalue weighted by atomic mass is 16.5. The van der Waals surface area contributed by atoms with Gasteiger partial charge in [0, 0.05) is 0 Å².